The van der Waals surface area contributed by atoms with Crippen molar-refractivity contribution in [2.24, 2.45) is 0 Å². The van der Waals surface area contributed by atoms with Crippen molar-refractivity contribution in [1.82, 2.24) is 19.4 Å². The molecule has 3 heterocycles. The van der Waals surface area contributed by atoms with Gasteiger partial charge in [-0.2, -0.15) is 0 Å². The SMILES string of the molecule is C=CCOCN1CCN(c2ncnc3c(=O)n(-c4c(O)cccc4F)c(C)cc23)CC1. The summed E-state index contributed by atoms with van der Waals surface area (Å²) < 4.78 is 21.1. The first-order chi connectivity index (χ1) is 15.0. The summed E-state index contributed by atoms with van der Waals surface area (Å²) in [7, 11) is 0. The normalized spacial score (nSPS) is 14.8. The van der Waals surface area contributed by atoms with Gasteiger partial charge >= 0.3 is 0 Å². The van der Waals surface area contributed by atoms with E-state index in [1.807, 2.05) is 0 Å². The Kier molecular flexibility index (Phi) is 5.97. The molecule has 0 spiro atoms. The molecule has 1 N–H and O–H groups in total. The number of piperazine rings is 1. The first-order valence-corrected chi connectivity index (χ1v) is 10.0. The number of hydrogen-bond acceptors (Lipinski definition) is 7. The van der Waals surface area contributed by atoms with Crippen molar-refractivity contribution in [1.29, 1.82) is 0 Å². The number of aromatic nitrogens is 3. The van der Waals surface area contributed by atoms with Crippen molar-refractivity contribution < 1.29 is 14.2 Å². The maximum absolute atomic E-state index is 14.4. The van der Waals surface area contributed by atoms with E-state index < -0.39 is 11.4 Å². The van der Waals surface area contributed by atoms with Crippen LogP contribution in [0.4, 0.5) is 10.2 Å². The Balaban J connectivity index is 1.69. The standard InChI is InChI=1S/C22H24FN5O3/c1-3-11-31-14-26-7-9-27(10-8-26)21-16-12-15(2)28(22(30)19(16)24-13-25-21)20-17(23)5-4-6-18(20)29/h3-6,12-13,29H,1,7-11,14H2,2H3. The third-order valence-corrected chi connectivity index (χ3v) is 5.34. The Morgan fingerprint density at radius 3 is 2.74 bits per heavy atom. The van der Waals surface area contributed by atoms with E-state index in [-0.39, 0.29) is 17.0 Å². The number of aryl methyl sites for hydroxylation is 1. The fourth-order valence-electron chi connectivity index (χ4n) is 3.84. The van der Waals surface area contributed by atoms with Crippen LogP contribution in [0.5, 0.6) is 5.75 Å². The quantitative estimate of drug-likeness (QED) is 0.479. The molecule has 1 saturated heterocycles. The monoisotopic (exact) mass is 425 g/mol. The number of fused-ring (bicyclic) bond motifs is 1. The number of aromatic hydroxyl groups is 1. The number of rotatable bonds is 6. The first kappa shape index (κ1) is 21.0. The van der Waals surface area contributed by atoms with E-state index >= 15 is 0 Å². The second kappa shape index (κ2) is 8.83. The summed E-state index contributed by atoms with van der Waals surface area (Å²) in [5.74, 6) is -0.330. The Hall–Kier alpha value is -3.30. The summed E-state index contributed by atoms with van der Waals surface area (Å²) in [4.78, 5) is 26.1. The molecule has 1 aliphatic heterocycles. The summed E-state index contributed by atoms with van der Waals surface area (Å²) in [6, 6.07) is 5.70. The number of phenolic OH excluding ortho intramolecular Hbond substituents is 1. The van der Waals surface area contributed by atoms with E-state index in [0.717, 1.165) is 30.7 Å². The Morgan fingerprint density at radius 2 is 2.03 bits per heavy atom. The largest absolute Gasteiger partial charge is 0.506 e. The zero-order chi connectivity index (χ0) is 22.0. The van der Waals surface area contributed by atoms with Gasteiger partial charge in [0.2, 0.25) is 0 Å². The molecule has 0 amide bonds. The van der Waals surface area contributed by atoms with Crippen LogP contribution in [0, 0.1) is 12.7 Å². The lowest BCUT2D eigenvalue weighted by molar-refractivity contribution is 0.0405. The molecule has 0 atom stereocenters. The lowest BCUT2D eigenvalue weighted by Crippen LogP contribution is -2.47. The summed E-state index contributed by atoms with van der Waals surface area (Å²) in [6.07, 6.45) is 3.07. The van der Waals surface area contributed by atoms with Gasteiger partial charge in [0.1, 0.15) is 29.1 Å². The van der Waals surface area contributed by atoms with E-state index in [1.165, 1.54) is 24.5 Å². The molecule has 3 aromatic rings. The van der Waals surface area contributed by atoms with Crippen molar-refractivity contribution in [2.75, 3.05) is 44.4 Å². The highest BCUT2D eigenvalue weighted by Gasteiger charge is 2.23. The Labute approximate surface area is 178 Å². The molecule has 0 unspecified atom stereocenters. The van der Waals surface area contributed by atoms with Gasteiger partial charge in [-0.3, -0.25) is 14.3 Å². The second-order valence-corrected chi connectivity index (χ2v) is 7.39. The molecule has 1 aromatic carbocycles. The van der Waals surface area contributed by atoms with Gasteiger partial charge in [-0.1, -0.05) is 12.1 Å². The molecule has 2 aromatic heterocycles. The minimum Gasteiger partial charge on any atom is -0.506 e. The fraction of sp³-hybridized carbons (Fsp3) is 0.318. The third kappa shape index (κ3) is 4.01. The van der Waals surface area contributed by atoms with E-state index in [0.29, 0.717) is 30.2 Å². The van der Waals surface area contributed by atoms with Gasteiger partial charge in [-0.05, 0) is 25.1 Å². The average Bonchev–Trinajstić information content (AvgIpc) is 2.76. The summed E-state index contributed by atoms with van der Waals surface area (Å²) in [6.45, 7) is 9.42. The first-order valence-electron chi connectivity index (χ1n) is 10.0. The van der Waals surface area contributed by atoms with Crippen LogP contribution < -0.4 is 10.5 Å². The van der Waals surface area contributed by atoms with Crippen molar-refractivity contribution in [3.05, 3.63) is 65.1 Å². The van der Waals surface area contributed by atoms with Gasteiger partial charge in [0.05, 0.1) is 18.7 Å². The molecule has 162 valence electrons. The van der Waals surface area contributed by atoms with Crippen molar-refractivity contribution in [3.8, 4) is 11.4 Å². The van der Waals surface area contributed by atoms with E-state index in [4.69, 9.17) is 4.74 Å². The van der Waals surface area contributed by atoms with Gasteiger partial charge in [0.15, 0.2) is 5.82 Å². The number of anilines is 1. The molecule has 0 aliphatic carbocycles. The predicted molar refractivity (Wildman–Crippen MR) is 116 cm³/mol. The highest BCUT2D eigenvalue weighted by molar-refractivity contribution is 5.89. The minimum absolute atomic E-state index is 0.176. The molecule has 1 fully saturated rings. The summed E-state index contributed by atoms with van der Waals surface area (Å²) in [5.41, 5.74) is -0.0314. The van der Waals surface area contributed by atoms with Crippen LogP contribution >= 0.6 is 0 Å². The number of phenols is 1. The number of ether oxygens (including phenoxy) is 1. The maximum Gasteiger partial charge on any atom is 0.282 e. The van der Waals surface area contributed by atoms with Crippen LogP contribution in [-0.4, -0.2) is 64.1 Å². The van der Waals surface area contributed by atoms with Crippen molar-refractivity contribution in [2.45, 2.75) is 6.92 Å². The number of hydrogen-bond donors (Lipinski definition) is 1. The highest BCUT2D eigenvalue weighted by Crippen LogP contribution is 2.28. The minimum atomic E-state index is -0.686. The molecule has 0 bridgehead atoms. The lowest BCUT2D eigenvalue weighted by Gasteiger charge is -2.35. The van der Waals surface area contributed by atoms with Crippen LogP contribution in [0.2, 0.25) is 0 Å². The van der Waals surface area contributed by atoms with Crippen LogP contribution in [0.1, 0.15) is 5.69 Å². The number of pyridine rings is 1. The molecule has 8 nitrogen and oxygen atoms in total. The fourth-order valence-corrected chi connectivity index (χ4v) is 3.84. The predicted octanol–water partition coefficient (Wildman–Crippen LogP) is 2.22. The molecule has 9 heteroatoms. The van der Waals surface area contributed by atoms with Crippen LogP contribution in [-0.2, 0) is 4.74 Å². The Bertz CT molecular complexity index is 1150. The number of para-hydroxylation sites is 1. The smallest absolute Gasteiger partial charge is 0.282 e. The van der Waals surface area contributed by atoms with E-state index in [2.05, 4.69) is 26.3 Å². The summed E-state index contributed by atoms with van der Waals surface area (Å²) in [5, 5.41) is 10.8. The van der Waals surface area contributed by atoms with Gasteiger partial charge < -0.3 is 14.7 Å². The molecular formula is C22H24FN5O3. The molecule has 0 radical (unpaired) electrons. The van der Waals surface area contributed by atoms with Crippen molar-refractivity contribution in [3.63, 3.8) is 0 Å². The average molecular weight is 425 g/mol. The third-order valence-electron chi connectivity index (χ3n) is 5.34. The topological polar surface area (TPSA) is 83.7 Å². The number of halogens is 1. The van der Waals surface area contributed by atoms with Gasteiger partial charge in [-0.25, -0.2) is 14.4 Å². The summed E-state index contributed by atoms with van der Waals surface area (Å²) >= 11 is 0. The maximum atomic E-state index is 14.4. The van der Waals surface area contributed by atoms with Crippen molar-refractivity contribution >= 4 is 16.7 Å². The van der Waals surface area contributed by atoms with E-state index in [1.54, 1.807) is 19.1 Å². The second-order valence-electron chi connectivity index (χ2n) is 7.39. The lowest BCUT2D eigenvalue weighted by atomic mass is 10.2. The van der Waals surface area contributed by atoms with Gasteiger partial charge in [0.25, 0.3) is 5.56 Å². The molecule has 31 heavy (non-hydrogen) atoms. The molecule has 4 rings (SSSR count). The Morgan fingerprint density at radius 1 is 1.26 bits per heavy atom. The molecule has 0 saturated carbocycles. The highest BCUT2D eigenvalue weighted by atomic mass is 19.1. The van der Waals surface area contributed by atoms with Gasteiger partial charge in [0, 0.05) is 31.9 Å². The number of benzene rings is 1. The van der Waals surface area contributed by atoms with Crippen LogP contribution in [0.3, 0.4) is 0 Å². The molecule has 1 aliphatic rings. The van der Waals surface area contributed by atoms with E-state index in [9.17, 15) is 14.3 Å². The van der Waals surface area contributed by atoms with Crippen LogP contribution in [0.25, 0.3) is 16.6 Å². The van der Waals surface area contributed by atoms with Gasteiger partial charge in [-0.15, -0.1) is 6.58 Å². The number of nitrogens with zero attached hydrogens (tertiary/aromatic N) is 5. The zero-order valence-electron chi connectivity index (χ0n) is 17.3. The molecular weight excluding hydrogens is 401 g/mol. The zero-order valence-corrected chi connectivity index (χ0v) is 17.3. The van der Waals surface area contributed by atoms with Crippen LogP contribution in [0.15, 0.2) is 48.0 Å².